The van der Waals surface area contributed by atoms with Gasteiger partial charge in [-0.3, -0.25) is 4.79 Å². The molecule has 1 heterocycles. The van der Waals surface area contributed by atoms with Gasteiger partial charge in [0.15, 0.2) is 0 Å². The van der Waals surface area contributed by atoms with Crippen LogP contribution in [-0.2, 0) is 4.79 Å². The quantitative estimate of drug-likeness (QED) is 0.280. The van der Waals surface area contributed by atoms with Gasteiger partial charge in [0.2, 0.25) is 0 Å². The van der Waals surface area contributed by atoms with Gasteiger partial charge in [-0.1, -0.05) is 53.5 Å². The molecule has 0 aliphatic carbocycles. The molecule has 4 rings (SSSR count). The Bertz CT molecular complexity index is 1330. The average molecular weight is 433 g/mol. The molecule has 0 unspecified atom stereocenters. The van der Waals surface area contributed by atoms with Gasteiger partial charge in [0, 0.05) is 17.3 Å². The number of hydrogen-bond donors (Lipinski definition) is 1. The lowest BCUT2D eigenvalue weighted by atomic mass is 10.1. The molecule has 0 saturated heterocycles. The second-order valence-corrected chi connectivity index (χ2v) is 7.33. The molecule has 0 aliphatic heterocycles. The van der Waals surface area contributed by atoms with E-state index < -0.39 is 5.91 Å². The number of rotatable bonds is 4. The summed E-state index contributed by atoms with van der Waals surface area (Å²) in [5, 5.41) is 15.1. The van der Waals surface area contributed by atoms with Gasteiger partial charge in [0.05, 0.1) is 10.0 Å². The van der Waals surface area contributed by atoms with Crippen molar-refractivity contribution < 1.29 is 9.21 Å². The van der Waals surface area contributed by atoms with Crippen LogP contribution in [0.5, 0.6) is 0 Å². The van der Waals surface area contributed by atoms with Crippen molar-refractivity contribution in [3.05, 3.63) is 94.2 Å². The van der Waals surface area contributed by atoms with Crippen molar-refractivity contribution in [2.45, 2.75) is 0 Å². The van der Waals surface area contributed by atoms with E-state index in [0.717, 1.165) is 16.3 Å². The minimum Gasteiger partial charge on any atom is -0.457 e. The fourth-order valence-electron chi connectivity index (χ4n) is 2.99. The number of anilines is 1. The number of hydrogen-bond acceptors (Lipinski definition) is 3. The highest BCUT2D eigenvalue weighted by molar-refractivity contribution is 6.42. The van der Waals surface area contributed by atoms with Crippen molar-refractivity contribution in [1.82, 2.24) is 0 Å². The third-order valence-electron chi connectivity index (χ3n) is 4.49. The van der Waals surface area contributed by atoms with Crippen LogP contribution in [0, 0.1) is 11.3 Å². The molecule has 0 atom stereocenters. The first-order chi connectivity index (χ1) is 14.5. The molecule has 30 heavy (non-hydrogen) atoms. The van der Waals surface area contributed by atoms with Crippen molar-refractivity contribution in [2.75, 3.05) is 5.32 Å². The van der Waals surface area contributed by atoms with E-state index in [1.54, 1.807) is 36.4 Å². The molecule has 146 valence electrons. The Morgan fingerprint density at radius 3 is 2.50 bits per heavy atom. The van der Waals surface area contributed by atoms with Gasteiger partial charge in [-0.2, -0.15) is 5.26 Å². The number of amides is 1. The van der Waals surface area contributed by atoms with Crippen LogP contribution in [0.1, 0.15) is 5.76 Å². The predicted octanol–water partition coefficient (Wildman–Crippen LogP) is 6.95. The maximum absolute atomic E-state index is 12.6. The Kier molecular flexibility index (Phi) is 5.58. The highest BCUT2D eigenvalue weighted by atomic mass is 35.5. The van der Waals surface area contributed by atoms with E-state index in [0.29, 0.717) is 27.3 Å². The third-order valence-corrected chi connectivity index (χ3v) is 5.23. The summed E-state index contributed by atoms with van der Waals surface area (Å²) in [6.07, 6.45) is 1.40. The lowest BCUT2D eigenvalue weighted by molar-refractivity contribution is -0.112. The monoisotopic (exact) mass is 432 g/mol. The van der Waals surface area contributed by atoms with Crippen LogP contribution in [0.4, 0.5) is 5.69 Å². The minimum absolute atomic E-state index is 0.0711. The summed E-state index contributed by atoms with van der Waals surface area (Å²) >= 11 is 12.0. The van der Waals surface area contributed by atoms with E-state index in [1.165, 1.54) is 6.08 Å². The summed E-state index contributed by atoms with van der Waals surface area (Å²) in [5.41, 5.74) is 1.28. The number of halogens is 2. The second-order valence-electron chi connectivity index (χ2n) is 6.52. The largest absolute Gasteiger partial charge is 0.457 e. The summed E-state index contributed by atoms with van der Waals surface area (Å²) in [5.74, 6) is 0.411. The van der Waals surface area contributed by atoms with Crippen LogP contribution in [0.2, 0.25) is 10.0 Å². The van der Waals surface area contributed by atoms with Crippen LogP contribution < -0.4 is 5.32 Å². The standard InChI is InChI=1S/C24H14Cl2N2O2/c25-21-9-6-17(13-22(21)26)23-10-8-20(30-23)12-18(14-27)24(29)28-19-7-5-15-3-1-2-4-16(15)11-19/h1-13H,(H,28,29). The summed E-state index contributed by atoms with van der Waals surface area (Å²) in [6, 6.07) is 23.9. The summed E-state index contributed by atoms with van der Waals surface area (Å²) in [4.78, 5) is 12.6. The van der Waals surface area contributed by atoms with Crippen LogP contribution in [0.15, 0.2) is 82.8 Å². The first kappa shape index (κ1) is 19.8. The molecule has 1 amide bonds. The lowest BCUT2D eigenvalue weighted by Gasteiger charge is -2.06. The van der Waals surface area contributed by atoms with Crippen molar-refractivity contribution in [3.8, 4) is 17.4 Å². The van der Waals surface area contributed by atoms with Gasteiger partial charge in [-0.15, -0.1) is 0 Å². The molecule has 0 radical (unpaired) electrons. The van der Waals surface area contributed by atoms with E-state index >= 15 is 0 Å². The maximum Gasteiger partial charge on any atom is 0.266 e. The molecule has 1 N–H and O–H groups in total. The Hall–Kier alpha value is -3.52. The Morgan fingerprint density at radius 2 is 1.73 bits per heavy atom. The number of fused-ring (bicyclic) bond motifs is 1. The zero-order valence-corrected chi connectivity index (χ0v) is 17.0. The van der Waals surface area contributed by atoms with Crippen molar-refractivity contribution in [2.24, 2.45) is 0 Å². The first-order valence-electron chi connectivity index (χ1n) is 9.01. The summed E-state index contributed by atoms with van der Waals surface area (Å²) in [6.45, 7) is 0. The van der Waals surface area contributed by atoms with Gasteiger partial charge in [0.1, 0.15) is 23.2 Å². The molecule has 4 aromatic rings. The van der Waals surface area contributed by atoms with Crippen LogP contribution >= 0.6 is 23.2 Å². The van der Waals surface area contributed by atoms with Gasteiger partial charge in [0.25, 0.3) is 5.91 Å². The molecular formula is C24H14Cl2N2O2. The zero-order valence-electron chi connectivity index (χ0n) is 15.5. The van der Waals surface area contributed by atoms with Crippen LogP contribution in [0.3, 0.4) is 0 Å². The molecule has 0 fully saturated rings. The summed E-state index contributed by atoms with van der Waals surface area (Å²) in [7, 11) is 0. The third kappa shape index (κ3) is 4.23. The predicted molar refractivity (Wildman–Crippen MR) is 120 cm³/mol. The van der Waals surface area contributed by atoms with Gasteiger partial charge >= 0.3 is 0 Å². The van der Waals surface area contributed by atoms with Crippen molar-refractivity contribution >= 4 is 51.6 Å². The Balaban J connectivity index is 1.55. The molecule has 3 aromatic carbocycles. The highest BCUT2D eigenvalue weighted by Gasteiger charge is 2.12. The number of nitrogens with one attached hydrogen (secondary N) is 1. The van der Waals surface area contributed by atoms with Gasteiger partial charge in [-0.25, -0.2) is 0 Å². The first-order valence-corrected chi connectivity index (χ1v) is 9.76. The molecule has 4 nitrogen and oxygen atoms in total. The van der Waals surface area contributed by atoms with Crippen LogP contribution in [0.25, 0.3) is 28.2 Å². The van der Waals surface area contributed by atoms with E-state index in [1.807, 2.05) is 42.5 Å². The van der Waals surface area contributed by atoms with E-state index in [2.05, 4.69) is 5.32 Å². The van der Waals surface area contributed by atoms with Crippen molar-refractivity contribution in [3.63, 3.8) is 0 Å². The fourth-order valence-corrected chi connectivity index (χ4v) is 3.29. The second kappa shape index (κ2) is 8.46. The van der Waals surface area contributed by atoms with E-state index in [-0.39, 0.29) is 5.57 Å². The Labute approximate surface area is 183 Å². The molecular weight excluding hydrogens is 419 g/mol. The topological polar surface area (TPSA) is 66.0 Å². The van der Waals surface area contributed by atoms with E-state index in [4.69, 9.17) is 27.6 Å². The minimum atomic E-state index is -0.514. The number of benzene rings is 3. The zero-order chi connectivity index (χ0) is 21.1. The highest BCUT2D eigenvalue weighted by Crippen LogP contribution is 2.30. The van der Waals surface area contributed by atoms with Crippen molar-refractivity contribution in [1.29, 1.82) is 5.26 Å². The maximum atomic E-state index is 12.6. The SMILES string of the molecule is N#CC(=Cc1ccc(-c2ccc(Cl)c(Cl)c2)o1)C(=O)Nc1ccc2ccccc2c1. The molecule has 1 aromatic heterocycles. The normalized spacial score (nSPS) is 11.3. The number of furan rings is 1. The Morgan fingerprint density at radius 1 is 0.933 bits per heavy atom. The number of nitriles is 1. The molecule has 0 bridgehead atoms. The molecule has 0 saturated carbocycles. The van der Waals surface area contributed by atoms with Gasteiger partial charge in [-0.05, 0) is 53.2 Å². The van der Waals surface area contributed by atoms with Gasteiger partial charge < -0.3 is 9.73 Å². The summed E-state index contributed by atoms with van der Waals surface area (Å²) < 4.78 is 5.75. The number of carbonyl (C=O) groups is 1. The lowest BCUT2D eigenvalue weighted by Crippen LogP contribution is -2.13. The number of nitrogens with zero attached hydrogens (tertiary/aromatic N) is 1. The van der Waals surface area contributed by atoms with E-state index in [9.17, 15) is 10.1 Å². The van der Waals surface area contributed by atoms with Crippen LogP contribution in [-0.4, -0.2) is 5.91 Å². The molecule has 0 aliphatic rings. The number of carbonyl (C=O) groups excluding carboxylic acids is 1. The average Bonchev–Trinajstić information content (AvgIpc) is 3.22. The fraction of sp³-hybridized carbons (Fsp3) is 0. The smallest absolute Gasteiger partial charge is 0.266 e. The molecule has 6 heteroatoms. The molecule has 0 spiro atoms.